The summed E-state index contributed by atoms with van der Waals surface area (Å²) in [6.45, 7) is 0.473. The molecule has 0 saturated heterocycles. The van der Waals surface area contributed by atoms with Crippen LogP contribution in [-0.2, 0) is 6.42 Å². The van der Waals surface area contributed by atoms with Crippen molar-refractivity contribution in [1.82, 2.24) is 15.3 Å². The van der Waals surface area contributed by atoms with E-state index >= 15 is 0 Å². The van der Waals surface area contributed by atoms with E-state index < -0.39 is 0 Å². The van der Waals surface area contributed by atoms with Crippen LogP contribution in [0, 0.1) is 0 Å². The predicted molar refractivity (Wildman–Crippen MR) is 65.2 cm³/mol. The van der Waals surface area contributed by atoms with Crippen molar-refractivity contribution in [3.63, 3.8) is 0 Å². The molecule has 0 spiro atoms. The van der Waals surface area contributed by atoms with Crippen LogP contribution in [0.1, 0.15) is 15.4 Å². The molecule has 0 atom stereocenters. The second-order valence-electron chi connectivity index (χ2n) is 3.35. The van der Waals surface area contributed by atoms with Crippen LogP contribution in [0.2, 0.25) is 0 Å². The summed E-state index contributed by atoms with van der Waals surface area (Å²) < 4.78 is 0. The van der Waals surface area contributed by atoms with Gasteiger partial charge in [0.2, 0.25) is 0 Å². The minimum absolute atomic E-state index is 0.131. The highest BCUT2D eigenvalue weighted by molar-refractivity contribution is 7.09. The van der Waals surface area contributed by atoms with Crippen LogP contribution in [0.25, 0.3) is 0 Å². The molecule has 2 aromatic heterocycles. The Kier molecular flexibility index (Phi) is 3.66. The van der Waals surface area contributed by atoms with Crippen molar-refractivity contribution in [3.8, 4) is 0 Å². The lowest BCUT2D eigenvalue weighted by Gasteiger charge is -2.02. The highest BCUT2D eigenvalue weighted by atomic mass is 32.1. The number of aromatic amines is 1. The maximum atomic E-state index is 11.6. The minimum atomic E-state index is -0.358. The van der Waals surface area contributed by atoms with Gasteiger partial charge in [0.05, 0.1) is 5.01 Å². The highest BCUT2D eigenvalue weighted by Crippen LogP contribution is 2.03. The van der Waals surface area contributed by atoms with Crippen LogP contribution < -0.4 is 10.7 Å². The minimum Gasteiger partial charge on any atom is -0.367 e. The van der Waals surface area contributed by atoms with Crippen molar-refractivity contribution in [3.05, 3.63) is 50.8 Å². The number of thiazole rings is 1. The van der Waals surface area contributed by atoms with Crippen molar-refractivity contribution in [2.45, 2.75) is 6.42 Å². The number of rotatable bonds is 4. The average Bonchev–Trinajstić information content (AvgIpc) is 2.82. The number of hydrogen-bond donors (Lipinski definition) is 2. The Bertz CT molecular complexity index is 548. The zero-order chi connectivity index (χ0) is 12.1. The fraction of sp³-hybridized carbons (Fsp3) is 0.182. The van der Waals surface area contributed by atoms with E-state index in [-0.39, 0.29) is 16.9 Å². The molecule has 0 fully saturated rings. The number of nitrogens with one attached hydrogen (secondary N) is 2. The highest BCUT2D eigenvalue weighted by Gasteiger charge is 2.08. The molecule has 0 unspecified atom stereocenters. The zero-order valence-electron chi connectivity index (χ0n) is 8.97. The number of H-pyrrole nitrogens is 1. The van der Waals surface area contributed by atoms with Crippen molar-refractivity contribution in [2.24, 2.45) is 0 Å². The molecule has 17 heavy (non-hydrogen) atoms. The first-order chi connectivity index (χ1) is 8.27. The monoisotopic (exact) mass is 249 g/mol. The van der Waals surface area contributed by atoms with Gasteiger partial charge in [-0.2, -0.15) is 0 Å². The van der Waals surface area contributed by atoms with Gasteiger partial charge in [-0.3, -0.25) is 9.59 Å². The Morgan fingerprint density at radius 2 is 2.41 bits per heavy atom. The lowest BCUT2D eigenvalue weighted by atomic mass is 10.2. The van der Waals surface area contributed by atoms with Gasteiger partial charge in [-0.25, -0.2) is 4.98 Å². The average molecular weight is 249 g/mol. The Labute approximate surface area is 102 Å². The van der Waals surface area contributed by atoms with Crippen LogP contribution in [-0.4, -0.2) is 22.4 Å². The summed E-state index contributed by atoms with van der Waals surface area (Å²) in [5, 5.41) is 5.54. The Morgan fingerprint density at radius 1 is 1.53 bits per heavy atom. The van der Waals surface area contributed by atoms with Crippen molar-refractivity contribution in [2.75, 3.05) is 6.54 Å². The molecule has 0 aromatic carbocycles. The first kappa shape index (κ1) is 11.5. The van der Waals surface area contributed by atoms with Gasteiger partial charge >= 0.3 is 0 Å². The van der Waals surface area contributed by atoms with E-state index in [2.05, 4.69) is 15.3 Å². The molecule has 0 radical (unpaired) electrons. The molecule has 88 valence electrons. The molecule has 0 aliphatic carbocycles. The van der Waals surface area contributed by atoms with E-state index in [1.807, 2.05) is 5.38 Å². The van der Waals surface area contributed by atoms with E-state index in [1.54, 1.807) is 17.5 Å². The van der Waals surface area contributed by atoms with E-state index in [0.29, 0.717) is 13.0 Å². The topological polar surface area (TPSA) is 74.8 Å². The molecule has 0 saturated carbocycles. The molecule has 5 nitrogen and oxygen atoms in total. The van der Waals surface area contributed by atoms with Gasteiger partial charge in [0.15, 0.2) is 5.43 Å². The second-order valence-corrected chi connectivity index (χ2v) is 4.33. The van der Waals surface area contributed by atoms with Gasteiger partial charge in [-0.15, -0.1) is 11.3 Å². The second kappa shape index (κ2) is 5.40. The third kappa shape index (κ3) is 3.01. The Morgan fingerprint density at radius 3 is 3.12 bits per heavy atom. The SMILES string of the molecule is O=C(NCCc1nccs1)c1c[nH]ccc1=O. The largest absolute Gasteiger partial charge is 0.367 e. The van der Waals surface area contributed by atoms with Gasteiger partial charge in [0.1, 0.15) is 5.56 Å². The van der Waals surface area contributed by atoms with Crippen molar-refractivity contribution in [1.29, 1.82) is 0 Å². The number of amides is 1. The maximum Gasteiger partial charge on any atom is 0.256 e. The van der Waals surface area contributed by atoms with Crippen LogP contribution in [0.15, 0.2) is 34.8 Å². The normalized spacial score (nSPS) is 10.1. The number of nitrogens with zero attached hydrogens (tertiary/aromatic N) is 1. The van der Waals surface area contributed by atoms with Gasteiger partial charge in [0, 0.05) is 43.0 Å². The fourth-order valence-electron chi connectivity index (χ4n) is 1.35. The fourth-order valence-corrected chi connectivity index (χ4v) is 1.97. The third-order valence-electron chi connectivity index (χ3n) is 2.18. The van der Waals surface area contributed by atoms with Gasteiger partial charge in [-0.1, -0.05) is 0 Å². The van der Waals surface area contributed by atoms with Crippen LogP contribution >= 0.6 is 11.3 Å². The summed E-state index contributed by atoms with van der Waals surface area (Å²) in [5.41, 5.74) is -0.151. The Balaban J connectivity index is 1.90. The number of aromatic nitrogens is 2. The standard InChI is InChI=1S/C11H11N3O2S/c15-9-1-3-12-7-8(9)11(16)14-4-2-10-13-5-6-17-10/h1,3,5-7H,2,4H2,(H,12,15)(H,14,16). The number of carbonyl (C=O) groups excluding carboxylic acids is 1. The van der Waals surface area contributed by atoms with E-state index in [1.165, 1.54) is 18.5 Å². The number of hydrogen-bond acceptors (Lipinski definition) is 4. The summed E-state index contributed by atoms with van der Waals surface area (Å²) in [6.07, 6.45) is 5.30. The first-order valence-electron chi connectivity index (χ1n) is 5.11. The first-order valence-corrected chi connectivity index (χ1v) is 5.99. The molecular formula is C11H11N3O2S. The molecule has 6 heteroatoms. The van der Waals surface area contributed by atoms with Crippen LogP contribution in [0.4, 0.5) is 0 Å². The smallest absolute Gasteiger partial charge is 0.256 e. The lowest BCUT2D eigenvalue weighted by molar-refractivity contribution is 0.0952. The summed E-state index contributed by atoms with van der Waals surface area (Å²) in [4.78, 5) is 29.8. The third-order valence-corrected chi connectivity index (χ3v) is 3.02. The molecule has 0 aliphatic heterocycles. The van der Waals surface area contributed by atoms with E-state index in [0.717, 1.165) is 5.01 Å². The predicted octanol–water partition coefficient (Wildman–Crippen LogP) is 0.804. The lowest BCUT2D eigenvalue weighted by Crippen LogP contribution is -2.30. The Hall–Kier alpha value is -1.95. The van der Waals surface area contributed by atoms with Crippen molar-refractivity contribution >= 4 is 17.2 Å². The molecule has 0 aliphatic rings. The molecule has 2 aromatic rings. The van der Waals surface area contributed by atoms with Gasteiger partial charge < -0.3 is 10.3 Å². The molecule has 0 bridgehead atoms. The van der Waals surface area contributed by atoms with Crippen molar-refractivity contribution < 1.29 is 4.79 Å². The molecule has 2 rings (SSSR count). The summed E-state index contributed by atoms with van der Waals surface area (Å²) in [7, 11) is 0. The molecule has 1 amide bonds. The molecular weight excluding hydrogens is 238 g/mol. The van der Waals surface area contributed by atoms with E-state index in [9.17, 15) is 9.59 Å². The maximum absolute atomic E-state index is 11.6. The quantitative estimate of drug-likeness (QED) is 0.841. The van der Waals surface area contributed by atoms with Gasteiger partial charge in [0.25, 0.3) is 5.91 Å². The van der Waals surface area contributed by atoms with Crippen LogP contribution in [0.5, 0.6) is 0 Å². The summed E-state index contributed by atoms with van der Waals surface area (Å²) >= 11 is 1.54. The molecule has 2 N–H and O–H groups in total. The molecule has 2 heterocycles. The zero-order valence-corrected chi connectivity index (χ0v) is 9.79. The summed E-state index contributed by atoms with van der Waals surface area (Å²) in [6, 6.07) is 1.33. The van der Waals surface area contributed by atoms with E-state index in [4.69, 9.17) is 0 Å². The number of pyridine rings is 1. The summed E-state index contributed by atoms with van der Waals surface area (Å²) in [5.74, 6) is -0.358. The van der Waals surface area contributed by atoms with Crippen LogP contribution in [0.3, 0.4) is 0 Å². The number of carbonyl (C=O) groups is 1. The van der Waals surface area contributed by atoms with Gasteiger partial charge in [-0.05, 0) is 0 Å².